The van der Waals surface area contributed by atoms with Gasteiger partial charge in [-0.05, 0) is 169 Å². The Hall–Kier alpha value is -3.84. The van der Waals surface area contributed by atoms with Crippen molar-refractivity contribution in [2.75, 3.05) is 32.8 Å². The molecule has 0 radical (unpaired) electrons. The average Bonchev–Trinajstić information content (AvgIpc) is 3.97. The third-order valence-electron chi connectivity index (χ3n) is 13.9. The summed E-state index contributed by atoms with van der Waals surface area (Å²) in [7, 11) is 0. The first-order valence-electron chi connectivity index (χ1n) is 24.4. The Bertz CT molecular complexity index is 2000. The van der Waals surface area contributed by atoms with E-state index in [2.05, 4.69) is 34.1 Å². The standard InChI is InChI=1S/C28H38N2O2.C26H34N2O2.Li.H2O/c1-2-32-28(31)27(24-13-6-4-7-14-24)30-20-19-22(21-30)11-5-3-8-15-25-18-17-23-12-9-10-16-26(23)29-25;29-26(30)25(22-11-4-2-5-12-22)28-18-17-20(19-28)9-3-1-6-13-23-16-15-21-10-7-8-14-24(21)27-23;;/h4,6-7,13-14,17-18,22,27H,2-3,5,8-12,15-16,19-21H2,1H3;2,4-5,11-12,15-16,20,25H,1,3,6-10,13-14,17-19H2,(H,29,30);;1H2/q;;+1;/p-1/t22-,27?;20-,25?;;/m11../s1. The van der Waals surface area contributed by atoms with Gasteiger partial charge in [-0.2, -0.15) is 0 Å². The van der Waals surface area contributed by atoms with E-state index in [0.29, 0.717) is 18.4 Å². The van der Waals surface area contributed by atoms with Crippen LogP contribution in [-0.2, 0) is 52.9 Å². The summed E-state index contributed by atoms with van der Waals surface area (Å²) < 4.78 is 5.41. The van der Waals surface area contributed by atoms with E-state index < -0.39 is 12.0 Å². The van der Waals surface area contributed by atoms with Gasteiger partial charge < -0.3 is 15.3 Å². The molecule has 2 aromatic carbocycles. The van der Waals surface area contributed by atoms with Crippen LogP contribution in [0.15, 0.2) is 84.9 Å². The molecule has 2 N–H and O–H groups in total. The van der Waals surface area contributed by atoms with E-state index in [-0.39, 0.29) is 36.3 Å². The minimum atomic E-state index is -0.737. The van der Waals surface area contributed by atoms with Gasteiger partial charge in [-0.1, -0.05) is 98.5 Å². The van der Waals surface area contributed by atoms with Crippen LogP contribution in [0.5, 0.6) is 0 Å². The Kier molecular flexibility index (Phi) is 21.5. The van der Waals surface area contributed by atoms with Crippen molar-refractivity contribution in [3.63, 3.8) is 0 Å². The SMILES string of the molecule is CCOC(=O)C(c1ccccc1)N1CC[C@@H](CCCCCc2ccc3c(n2)CCCC3)C1.O=C(O)C(c1ccccc1)N1CC[C@@H](CCCCCc2ccc3c(n2)CCCC3)C1.[Li+].[OH-]. The third-order valence-corrected chi connectivity index (χ3v) is 13.9. The maximum atomic E-state index is 12.7. The van der Waals surface area contributed by atoms with Gasteiger partial charge in [-0.15, -0.1) is 0 Å². The number of benzene rings is 2. The van der Waals surface area contributed by atoms with Gasteiger partial charge in [0.1, 0.15) is 12.1 Å². The number of rotatable bonds is 19. The van der Waals surface area contributed by atoms with Gasteiger partial charge in [0.15, 0.2) is 0 Å². The summed E-state index contributed by atoms with van der Waals surface area (Å²) >= 11 is 0. The molecule has 340 valence electrons. The molecule has 2 saturated heterocycles. The zero-order valence-electron chi connectivity index (χ0n) is 39.0. The fourth-order valence-corrected chi connectivity index (χ4v) is 10.5. The van der Waals surface area contributed by atoms with Gasteiger partial charge in [0.25, 0.3) is 0 Å². The van der Waals surface area contributed by atoms with Gasteiger partial charge in [0.05, 0.1) is 6.61 Å². The molecule has 4 aliphatic rings. The van der Waals surface area contributed by atoms with Gasteiger partial charge in [-0.25, -0.2) is 4.79 Å². The van der Waals surface area contributed by atoms with E-state index in [9.17, 15) is 14.7 Å². The molecule has 2 fully saturated rings. The summed E-state index contributed by atoms with van der Waals surface area (Å²) in [6.45, 7) is 6.06. The summed E-state index contributed by atoms with van der Waals surface area (Å²) in [5.41, 5.74) is 10.1. The number of carbonyl (C=O) groups is 2. The minimum Gasteiger partial charge on any atom is -0.870 e. The van der Waals surface area contributed by atoms with Crippen LogP contribution in [0.3, 0.4) is 0 Å². The number of aryl methyl sites for hydroxylation is 6. The summed E-state index contributed by atoms with van der Waals surface area (Å²) in [5.74, 6) is 0.450. The number of nitrogens with zero attached hydrogens (tertiary/aromatic N) is 4. The van der Waals surface area contributed by atoms with Crippen LogP contribution in [0.4, 0.5) is 0 Å². The van der Waals surface area contributed by atoms with Crippen molar-refractivity contribution in [2.24, 2.45) is 11.8 Å². The number of ether oxygens (including phenoxy) is 1. The molecule has 4 heterocycles. The third kappa shape index (κ3) is 14.8. The second-order valence-electron chi connectivity index (χ2n) is 18.4. The number of fused-ring (bicyclic) bond motifs is 2. The van der Waals surface area contributed by atoms with Crippen LogP contribution in [0.25, 0.3) is 0 Å². The Morgan fingerprint density at radius 1 is 0.625 bits per heavy atom. The van der Waals surface area contributed by atoms with Crippen molar-refractivity contribution in [1.29, 1.82) is 0 Å². The number of hydrogen-bond donors (Lipinski definition) is 1. The fraction of sp³-hybridized carbons (Fsp3) is 0.556. The first-order chi connectivity index (χ1) is 30.4. The number of pyridine rings is 2. The molecule has 9 nitrogen and oxygen atoms in total. The van der Waals surface area contributed by atoms with E-state index in [1.54, 1.807) is 0 Å². The molecular formula is C54H73LiN4O5. The number of esters is 1. The number of aliphatic carboxylic acids is 1. The van der Waals surface area contributed by atoms with Crippen LogP contribution in [0, 0.1) is 11.8 Å². The summed E-state index contributed by atoms with van der Waals surface area (Å²) in [5, 5.41) is 9.75. The van der Waals surface area contributed by atoms with Crippen molar-refractivity contribution in [3.8, 4) is 0 Å². The van der Waals surface area contributed by atoms with Gasteiger partial charge in [-0.3, -0.25) is 24.6 Å². The molecule has 8 rings (SSSR count). The molecule has 4 atom stereocenters. The van der Waals surface area contributed by atoms with Gasteiger partial charge >= 0.3 is 30.8 Å². The maximum Gasteiger partial charge on any atom is 1.00 e. The predicted molar refractivity (Wildman–Crippen MR) is 250 cm³/mol. The second kappa shape index (κ2) is 27.0. The Labute approximate surface area is 395 Å². The van der Waals surface area contributed by atoms with Crippen LogP contribution < -0.4 is 18.9 Å². The van der Waals surface area contributed by atoms with Crippen molar-refractivity contribution in [3.05, 3.63) is 130 Å². The largest absolute Gasteiger partial charge is 1.00 e. The van der Waals surface area contributed by atoms with E-state index in [0.717, 1.165) is 69.4 Å². The van der Waals surface area contributed by atoms with Crippen molar-refractivity contribution in [1.82, 2.24) is 19.8 Å². The number of carbonyl (C=O) groups excluding carboxylic acids is 1. The maximum absolute atomic E-state index is 12.7. The zero-order valence-corrected chi connectivity index (χ0v) is 39.0. The topological polar surface area (TPSA) is 126 Å². The summed E-state index contributed by atoms with van der Waals surface area (Å²) in [4.78, 5) is 38.9. The quantitative estimate of drug-likeness (QED) is 0.0573. The van der Waals surface area contributed by atoms with Crippen molar-refractivity contribution < 1.29 is 43.8 Å². The van der Waals surface area contributed by atoms with Crippen LogP contribution >= 0.6 is 0 Å². The van der Waals surface area contributed by atoms with E-state index >= 15 is 0 Å². The summed E-state index contributed by atoms with van der Waals surface area (Å²) in [6, 6.07) is 28.1. The first kappa shape index (κ1) is 51.1. The molecule has 64 heavy (non-hydrogen) atoms. The Morgan fingerprint density at radius 3 is 1.55 bits per heavy atom. The average molecular weight is 865 g/mol. The molecular weight excluding hydrogens is 792 g/mol. The molecule has 2 aromatic heterocycles. The monoisotopic (exact) mass is 865 g/mol. The molecule has 0 amide bonds. The Morgan fingerprint density at radius 2 is 1.08 bits per heavy atom. The molecule has 2 unspecified atom stereocenters. The minimum absolute atomic E-state index is 0. The molecule has 0 saturated carbocycles. The number of hydrogen-bond acceptors (Lipinski definition) is 8. The molecule has 2 aliphatic heterocycles. The number of carboxylic acids is 1. The predicted octanol–water partition coefficient (Wildman–Crippen LogP) is 7.73. The van der Waals surface area contributed by atoms with Gasteiger partial charge in [0, 0.05) is 35.9 Å². The molecule has 10 heteroatoms. The molecule has 4 aromatic rings. The van der Waals surface area contributed by atoms with E-state index in [1.165, 1.54) is 130 Å². The first-order valence-corrected chi connectivity index (χ1v) is 24.4. The number of likely N-dealkylation sites (tertiary alicyclic amines) is 2. The van der Waals surface area contributed by atoms with Gasteiger partial charge in [0.2, 0.25) is 0 Å². The second-order valence-corrected chi connectivity index (χ2v) is 18.4. The number of aromatic nitrogens is 2. The summed E-state index contributed by atoms with van der Waals surface area (Å²) in [6.07, 6.45) is 24.3. The van der Waals surface area contributed by atoms with Crippen LogP contribution in [0.1, 0.15) is 154 Å². The molecule has 0 spiro atoms. The smallest absolute Gasteiger partial charge is 0.870 e. The van der Waals surface area contributed by atoms with Crippen LogP contribution in [-0.4, -0.2) is 75.1 Å². The number of carboxylic acid groups (broad SMARTS) is 1. The number of unbranched alkanes of at least 4 members (excludes halogenated alkanes) is 4. The molecule has 0 bridgehead atoms. The normalized spacial score (nSPS) is 19.1. The van der Waals surface area contributed by atoms with Crippen LogP contribution in [0.2, 0.25) is 0 Å². The molecule has 2 aliphatic carbocycles. The zero-order chi connectivity index (χ0) is 42.9. The Balaban J connectivity index is 0.000000234. The fourth-order valence-electron chi connectivity index (χ4n) is 10.5. The van der Waals surface area contributed by atoms with Crippen molar-refractivity contribution >= 4 is 11.9 Å². The van der Waals surface area contributed by atoms with E-state index in [4.69, 9.17) is 14.7 Å². The van der Waals surface area contributed by atoms with E-state index in [1.807, 2.05) is 67.6 Å². The van der Waals surface area contributed by atoms with Crippen molar-refractivity contribution in [2.45, 2.75) is 147 Å².